The molecule has 0 saturated carbocycles. The summed E-state index contributed by atoms with van der Waals surface area (Å²) < 4.78 is 10.1. The maximum Gasteiger partial charge on any atom is 0.349 e. The van der Waals surface area contributed by atoms with E-state index in [1.54, 1.807) is 53.9 Å². The molecule has 0 saturated heterocycles. The van der Waals surface area contributed by atoms with Crippen molar-refractivity contribution in [2.75, 3.05) is 12.4 Å². The van der Waals surface area contributed by atoms with Crippen LogP contribution in [0.4, 0.5) is 5.00 Å². The summed E-state index contributed by atoms with van der Waals surface area (Å²) in [6, 6.07) is 15.3. The summed E-state index contributed by atoms with van der Waals surface area (Å²) in [6.45, 7) is 0. The van der Waals surface area contributed by atoms with Gasteiger partial charge in [0, 0.05) is 21.4 Å². The number of thiophene rings is 1. The van der Waals surface area contributed by atoms with E-state index in [4.69, 9.17) is 20.8 Å². The monoisotopic (exact) mass is 439 g/mol. The predicted octanol–water partition coefficient (Wildman–Crippen LogP) is 5.21. The molecule has 0 unspecified atom stereocenters. The highest BCUT2D eigenvalue weighted by atomic mass is 35.5. The number of para-hydroxylation sites is 1. The molecule has 2 heterocycles. The van der Waals surface area contributed by atoms with Crippen LogP contribution in [0.25, 0.3) is 22.1 Å². The highest BCUT2D eigenvalue weighted by molar-refractivity contribution is 7.15. The van der Waals surface area contributed by atoms with E-state index in [2.05, 4.69) is 5.32 Å². The normalized spacial score (nSPS) is 10.7. The summed E-state index contributed by atoms with van der Waals surface area (Å²) in [5.41, 5.74) is 0.983. The Hall–Kier alpha value is -3.42. The first-order valence-electron chi connectivity index (χ1n) is 8.78. The molecule has 0 aliphatic heterocycles. The molecule has 2 aromatic heterocycles. The summed E-state index contributed by atoms with van der Waals surface area (Å²) in [4.78, 5) is 37.5. The van der Waals surface area contributed by atoms with E-state index in [-0.39, 0.29) is 16.1 Å². The topological polar surface area (TPSA) is 85.6 Å². The number of hydrogen-bond donors (Lipinski definition) is 1. The highest BCUT2D eigenvalue weighted by Crippen LogP contribution is 2.36. The fourth-order valence-electron chi connectivity index (χ4n) is 2.99. The number of ether oxygens (including phenoxy) is 1. The minimum atomic E-state index is -0.764. The maximum absolute atomic E-state index is 12.8. The fourth-order valence-corrected chi connectivity index (χ4v) is 4.07. The van der Waals surface area contributed by atoms with E-state index in [0.29, 0.717) is 21.6 Å². The molecule has 0 spiro atoms. The number of benzene rings is 2. The van der Waals surface area contributed by atoms with Crippen LogP contribution in [0.1, 0.15) is 20.7 Å². The average Bonchev–Trinajstić information content (AvgIpc) is 3.16. The Morgan fingerprint density at radius 1 is 1.10 bits per heavy atom. The van der Waals surface area contributed by atoms with Crippen molar-refractivity contribution in [3.63, 3.8) is 0 Å². The standard InChI is InChI=1S/C22H14ClNO5S/c1-28-22(27)18-16(12-6-8-14(23)9-7-12)11-30-20(18)24-19(25)15-10-13-4-2-3-5-17(13)29-21(15)26/h2-11H,1H3,(H,24,25). The number of amides is 1. The van der Waals surface area contributed by atoms with Crippen LogP contribution in [0.2, 0.25) is 5.02 Å². The molecule has 0 fully saturated rings. The number of halogens is 1. The van der Waals surface area contributed by atoms with E-state index in [1.165, 1.54) is 13.2 Å². The molecule has 1 N–H and O–H groups in total. The third kappa shape index (κ3) is 3.72. The number of anilines is 1. The van der Waals surface area contributed by atoms with Crippen LogP contribution in [0.15, 0.2) is 69.2 Å². The zero-order valence-corrected chi connectivity index (χ0v) is 17.2. The van der Waals surface area contributed by atoms with Gasteiger partial charge in [0.2, 0.25) is 0 Å². The second-order valence-electron chi connectivity index (χ2n) is 6.29. The molecule has 4 aromatic rings. The lowest BCUT2D eigenvalue weighted by Gasteiger charge is -2.08. The second-order valence-corrected chi connectivity index (χ2v) is 7.61. The lowest BCUT2D eigenvalue weighted by atomic mass is 10.0. The van der Waals surface area contributed by atoms with E-state index in [1.807, 2.05) is 0 Å². The number of esters is 1. The number of rotatable bonds is 4. The van der Waals surface area contributed by atoms with Crippen LogP contribution < -0.4 is 10.9 Å². The number of carbonyl (C=O) groups is 2. The molecule has 1 amide bonds. The lowest BCUT2D eigenvalue weighted by Crippen LogP contribution is -2.21. The van der Waals surface area contributed by atoms with Crippen molar-refractivity contribution in [3.05, 3.63) is 86.5 Å². The van der Waals surface area contributed by atoms with Gasteiger partial charge in [-0.2, -0.15) is 0 Å². The van der Waals surface area contributed by atoms with Crippen molar-refractivity contribution in [2.45, 2.75) is 0 Å². The van der Waals surface area contributed by atoms with E-state index < -0.39 is 17.5 Å². The van der Waals surface area contributed by atoms with Gasteiger partial charge in [0.05, 0.1) is 7.11 Å². The van der Waals surface area contributed by atoms with Crippen LogP contribution in [0, 0.1) is 0 Å². The van der Waals surface area contributed by atoms with Gasteiger partial charge in [0.15, 0.2) is 0 Å². The van der Waals surface area contributed by atoms with Crippen LogP contribution in [0.3, 0.4) is 0 Å². The van der Waals surface area contributed by atoms with Gasteiger partial charge in [-0.1, -0.05) is 41.9 Å². The van der Waals surface area contributed by atoms with Gasteiger partial charge in [0.1, 0.15) is 21.7 Å². The molecule has 0 aliphatic rings. The molecule has 6 nitrogen and oxygen atoms in total. The smallest absolute Gasteiger partial charge is 0.349 e. The van der Waals surface area contributed by atoms with Gasteiger partial charge in [-0.3, -0.25) is 4.79 Å². The van der Waals surface area contributed by atoms with E-state index in [9.17, 15) is 14.4 Å². The van der Waals surface area contributed by atoms with Crippen LogP contribution >= 0.6 is 22.9 Å². The van der Waals surface area contributed by atoms with Crippen molar-refractivity contribution in [3.8, 4) is 11.1 Å². The molecule has 0 aliphatic carbocycles. The Morgan fingerprint density at radius 2 is 1.83 bits per heavy atom. The molecule has 0 bridgehead atoms. The van der Waals surface area contributed by atoms with Gasteiger partial charge in [-0.05, 0) is 29.8 Å². The quantitative estimate of drug-likeness (QED) is 0.348. The van der Waals surface area contributed by atoms with Crippen molar-refractivity contribution in [2.24, 2.45) is 0 Å². The van der Waals surface area contributed by atoms with Crippen molar-refractivity contribution in [1.82, 2.24) is 0 Å². The Morgan fingerprint density at radius 3 is 2.57 bits per heavy atom. The minimum Gasteiger partial charge on any atom is -0.465 e. The van der Waals surface area contributed by atoms with Crippen molar-refractivity contribution < 1.29 is 18.7 Å². The molecule has 8 heteroatoms. The first-order valence-corrected chi connectivity index (χ1v) is 10.0. The zero-order valence-electron chi connectivity index (χ0n) is 15.6. The molecule has 2 aromatic carbocycles. The van der Waals surface area contributed by atoms with Gasteiger partial charge in [-0.15, -0.1) is 11.3 Å². The Labute approximate surface area is 179 Å². The van der Waals surface area contributed by atoms with Gasteiger partial charge >= 0.3 is 11.6 Å². The number of fused-ring (bicyclic) bond motifs is 1. The Kier molecular flexibility index (Phi) is 5.39. The van der Waals surface area contributed by atoms with E-state index >= 15 is 0 Å². The highest BCUT2D eigenvalue weighted by Gasteiger charge is 2.24. The molecule has 0 atom stereocenters. The van der Waals surface area contributed by atoms with Gasteiger partial charge < -0.3 is 14.5 Å². The first-order chi connectivity index (χ1) is 14.5. The summed E-state index contributed by atoms with van der Waals surface area (Å²) in [7, 11) is 1.26. The second kappa shape index (κ2) is 8.14. The molecular formula is C22H14ClNO5S. The fraction of sp³-hybridized carbons (Fsp3) is 0.0455. The Balaban J connectivity index is 1.73. The largest absolute Gasteiger partial charge is 0.465 e. The number of hydrogen-bond acceptors (Lipinski definition) is 6. The van der Waals surface area contributed by atoms with Gasteiger partial charge in [0.25, 0.3) is 5.91 Å². The third-order valence-electron chi connectivity index (χ3n) is 4.45. The lowest BCUT2D eigenvalue weighted by molar-refractivity contribution is 0.0603. The van der Waals surface area contributed by atoms with Crippen molar-refractivity contribution >= 4 is 50.8 Å². The van der Waals surface area contributed by atoms with Crippen LogP contribution in [-0.4, -0.2) is 19.0 Å². The Bertz CT molecular complexity index is 1320. The first kappa shape index (κ1) is 19.9. The van der Waals surface area contributed by atoms with Crippen LogP contribution in [-0.2, 0) is 4.74 Å². The molecule has 30 heavy (non-hydrogen) atoms. The van der Waals surface area contributed by atoms with Crippen molar-refractivity contribution in [1.29, 1.82) is 0 Å². The maximum atomic E-state index is 12.8. The molecule has 150 valence electrons. The van der Waals surface area contributed by atoms with E-state index in [0.717, 1.165) is 16.9 Å². The molecule has 4 rings (SSSR count). The number of carbonyl (C=O) groups excluding carboxylic acids is 2. The summed E-state index contributed by atoms with van der Waals surface area (Å²) in [5, 5.41) is 5.81. The third-order valence-corrected chi connectivity index (χ3v) is 5.60. The number of nitrogens with one attached hydrogen (secondary N) is 1. The van der Waals surface area contributed by atoms with Crippen LogP contribution in [0.5, 0.6) is 0 Å². The number of methoxy groups -OCH3 is 1. The van der Waals surface area contributed by atoms with Gasteiger partial charge in [-0.25, -0.2) is 9.59 Å². The minimum absolute atomic E-state index is 0.161. The summed E-state index contributed by atoms with van der Waals surface area (Å²) >= 11 is 7.10. The molecule has 0 radical (unpaired) electrons. The average molecular weight is 440 g/mol. The summed E-state index contributed by atoms with van der Waals surface area (Å²) in [6.07, 6.45) is 0. The molecular weight excluding hydrogens is 426 g/mol. The zero-order chi connectivity index (χ0) is 21.3. The predicted molar refractivity (Wildman–Crippen MR) is 117 cm³/mol. The summed E-state index contributed by atoms with van der Waals surface area (Å²) in [5.74, 6) is -1.29. The SMILES string of the molecule is COC(=O)c1c(-c2ccc(Cl)cc2)csc1NC(=O)c1cc2ccccc2oc1=O.